The van der Waals surface area contributed by atoms with Crippen molar-refractivity contribution in [2.24, 2.45) is 5.92 Å². The molecule has 0 radical (unpaired) electrons. The van der Waals surface area contributed by atoms with E-state index in [-0.39, 0.29) is 25.3 Å². The van der Waals surface area contributed by atoms with Gasteiger partial charge in [0.25, 0.3) is 0 Å². The monoisotopic (exact) mass is 636 g/mol. The molecule has 2 aliphatic heterocycles. The van der Waals surface area contributed by atoms with Crippen molar-refractivity contribution >= 4 is 11.9 Å². The van der Waals surface area contributed by atoms with Gasteiger partial charge in [0.1, 0.15) is 12.4 Å². The van der Waals surface area contributed by atoms with Gasteiger partial charge in [0.2, 0.25) is 12.7 Å². The Balaban J connectivity index is 1.33. The van der Waals surface area contributed by atoms with Crippen LogP contribution in [0.2, 0.25) is 0 Å². The fourth-order valence-electron chi connectivity index (χ4n) is 6.81. The molecule has 244 valence electrons. The molecule has 0 aliphatic carbocycles. The number of carboxylic acids is 1. The number of aliphatic carboxylic acids is 1. The van der Waals surface area contributed by atoms with Gasteiger partial charge < -0.3 is 29.4 Å². The summed E-state index contributed by atoms with van der Waals surface area (Å²) in [6.45, 7) is 5.44. The first-order valence-corrected chi connectivity index (χ1v) is 15.8. The summed E-state index contributed by atoms with van der Waals surface area (Å²) in [4.78, 5) is 29.1. The molecule has 9 heteroatoms. The van der Waals surface area contributed by atoms with Crippen molar-refractivity contribution < 1.29 is 33.6 Å². The lowest BCUT2D eigenvalue weighted by Crippen LogP contribution is -2.40. The van der Waals surface area contributed by atoms with Gasteiger partial charge in [-0.2, -0.15) is 0 Å². The van der Waals surface area contributed by atoms with E-state index in [1.165, 1.54) is 0 Å². The quantitative estimate of drug-likeness (QED) is 0.188. The number of benzene rings is 4. The van der Waals surface area contributed by atoms with Crippen LogP contribution in [-0.2, 0) is 14.3 Å². The zero-order valence-corrected chi connectivity index (χ0v) is 26.8. The molecule has 0 saturated carbocycles. The predicted octanol–water partition coefficient (Wildman–Crippen LogP) is 5.80. The largest absolute Gasteiger partial charge is 0.491 e. The van der Waals surface area contributed by atoms with Crippen LogP contribution in [0.4, 0.5) is 0 Å². The molecule has 0 aromatic heterocycles. The first-order chi connectivity index (χ1) is 22.8. The van der Waals surface area contributed by atoms with E-state index in [1.807, 2.05) is 110 Å². The van der Waals surface area contributed by atoms with Crippen LogP contribution in [0.5, 0.6) is 17.2 Å². The number of nitrogens with one attached hydrogen (secondary N) is 1. The molecule has 2 heterocycles. The topological polar surface area (TPSA) is 107 Å². The number of aryl methyl sites for hydroxylation is 2. The first-order valence-electron chi connectivity index (χ1n) is 15.8. The summed E-state index contributed by atoms with van der Waals surface area (Å²) >= 11 is 0. The van der Waals surface area contributed by atoms with E-state index in [0.717, 1.165) is 33.4 Å². The van der Waals surface area contributed by atoms with Gasteiger partial charge in [-0.1, -0.05) is 66.7 Å². The minimum atomic E-state index is -0.932. The van der Waals surface area contributed by atoms with E-state index in [1.54, 1.807) is 7.11 Å². The zero-order chi connectivity index (χ0) is 32.9. The van der Waals surface area contributed by atoms with Crippen LogP contribution in [0.1, 0.15) is 51.4 Å². The van der Waals surface area contributed by atoms with Gasteiger partial charge in [-0.3, -0.25) is 14.5 Å². The number of likely N-dealkylation sites (tertiary alicyclic amines) is 1. The molecule has 3 atom stereocenters. The molecule has 4 aromatic rings. The summed E-state index contributed by atoms with van der Waals surface area (Å²) in [5.41, 5.74) is 5.79. The number of carbonyl (C=O) groups excluding carboxylic acids is 1. The summed E-state index contributed by atoms with van der Waals surface area (Å²) in [6.07, 6.45) is 0. The molecule has 4 aromatic carbocycles. The van der Waals surface area contributed by atoms with Gasteiger partial charge in [-0.05, 0) is 71.5 Å². The fourth-order valence-corrected chi connectivity index (χ4v) is 6.81. The molecule has 9 nitrogen and oxygen atoms in total. The van der Waals surface area contributed by atoms with Crippen LogP contribution in [0, 0.1) is 19.8 Å². The van der Waals surface area contributed by atoms with Crippen molar-refractivity contribution in [1.82, 2.24) is 10.2 Å². The second kappa shape index (κ2) is 14.3. The number of amides is 1. The Kier molecular flexibility index (Phi) is 9.75. The van der Waals surface area contributed by atoms with Crippen molar-refractivity contribution in [2.45, 2.75) is 31.8 Å². The van der Waals surface area contributed by atoms with Gasteiger partial charge in [0.15, 0.2) is 11.5 Å². The summed E-state index contributed by atoms with van der Waals surface area (Å²) in [7, 11) is 1.62. The second-order valence-corrected chi connectivity index (χ2v) is 12.1. The lowest BCUT2D eigenvalue weighted by molar-refractivity contribution is -0.143. The molecule has 0 spiro atoms. The molecular weight excluding hydrogens is 596 g/mol. The van der Waals surface area contributed by atoms with Crippen molar-refractivity contribution in [1.29, 1.82) is 0 Å². The highest BCUT2D eigenvalue weighted by atomic mass is 16.7. The Morgan fingerprint density at radius 2 is 1.51 bits per heavy atom. The van der Waals surface area contributed by atoms with E-state index < -0.39 is 23.8 Å². The molecule has 0 unspecified atom stereocenters. The van der Waals surface area contributed by atoms with Gasteiger partial charge >= 0.3 is 5.97 Å². The van der Waals surface area contributed by atoms with Gasteiger partial charge in [0.05, 0.1) is 25.1 Å². The third-order valence-corrected chi connectivity index (χ3v) is 9.14. The molecule has 1 saturated heterocycles. The average Bonchev–Trinajstić information content (AvgIpc) is 3.69. The standard InChI is InChI=1S/C38H40N2O7/c1-24-8-4-6-10-29(24)36(30-11-7-5-9-25(30)2)39-34(41)22-40-21-31(27-14-17-32-33(20-27)47-23-46-32)35(38(42)43)37(40)26-12-15-28(16-13-26)45-19-18-44-3/h4-17,20,31,35-37H,18-19,21-23H2,1-3H3,(H,39,41)(H,42,43)/t31-,35-,37+/m0/s1. The maximum absolute atomic E-state index is 14.1. The maximum Gasteiger partial charge on any atom is 0.309 e. The van der Waals surface area contributed by atoms with Crippen LogP contribution in [-0.4, -0.2) is 62.1 Å². The molecular formula is C38H40N2O7. The van der Waals surface area contributed by atoms with Crippen LogP contribution in [0.3, 0.4) is 0 Å². The minimum Gasteiger partial charge on any atom is -0.491 e. The summed E-state index contributed by atoms with van der Waals surface area (Å²) in [5.74, 6) is -0.468. The smallest absolute Gasteiger partial charge is 0.309 e. The third-order valence-electron chi connectivity index (χ3n) is 9.14. The van der Waals surface area contributed by atoms with Crippen LogP contribution in [0.15, 0.2) is 91.0 Å². The number of rotatable bonds is 12. The van der Waals surface area contributed by atoms with E-state index in [9.17, 15) is 14.7 Å². The van der Waals surface area contributed by atoms with Crippen LogP contribution in [0.25, 0.3) is 0 Å². The van der Waals surface area contributed by atoms with E-state index in [2.05, 4.69) is 5.32 Å². The highest BCUT2D eigenvalue weighted by Crippen LogP contribution is 2.48. The third kappa shape index (κ3) is 6.96. The van der Waals surface area contributed by atoms with Crippen LogP contribution < -0.4 is 19.5 Å². The number of hydrogen-bond acceptors (Lipinski definition) is 7. The molecule has 2 aliphatic rings. The number of methoxy groups -OCH3 is 1. The summed E-state index contributed by atoms with van der Waals surface area (Å²) in [6, 6.07) is 28.2. The lowest BCUT2D eigenvalue weighted by atomic mass is 9.82. The maximum atomic E-state index is 14.1. The van der Waals surface area contributed by atoms with Crippen LogP contribution >= 0.6 is 0 Å². The molecule has 1 fully saturated rings. The number of carboxylic acid groups (broad SMARTS) is 1. The average molecular weight is 637 g/mol. The zero-order valence-electron chi connectivity index (χ0n) is 26.8. The second-order valence-electron chi connectivity index (χ2n) is 12.1. The number of ether oxygens (including phenoxy) is 4. The molecule has 0 bridgehead atoms. The van der Waals surface area contributed by atoms with E-state index in [4.69, 9.17) is 18.9 Å². The summed E-state index contributed by atoms with van der Waals surface area (Å²) in [5, 5.41) is 14.0. The highest BCUT2D eigenvalue weighted by Gasteiger charge is 2.48. The molecule has 6 rings (SSSR count). The molecule has 1 amide bonds. The Morgan fingerprint density at radius 1 is 0.872 bits per heavy atom. The van der Waals surface area contributed by atoms with Gasteiger partial charge in [-0.15, -0.1) is 0 Å². The highest BCUT2D eigenvalue weighted by molar-refractivity contribution is 5.80. The Labute approximate surface area is 275 Å². The van der Waals surface area contributed by atoms with Crippen molar-refractivity contribution in [2.75, 3.05) is 40.2 Å². The number of nitrogens with zero attached hydrogens (tertiary/aromatic N) is 1. The Morgan fingerprint density at radius 3 is 2.15 bits per heavy atom. The van der Waals surface area contributed by atoms with Crippen molar-refractivity contribution in [3.05, 3.63) is 124 Å². The van der Waals surface area contributed by atoms with E-state index in [0.29, 0.717) is 37.0 Å². The Hall–Kier alpha value is -4.86. The van der Waals surface area contributed by atoms with Gasteiger partial charge in [0, 0.05) is 25.6 Å². The fraction of sp³-hybridized carbons (Fsp3) is 0.316. The molecule has 47 heavy (non-hydrogen) atoms. The minimum absolute atomic E-state index is 0.00977. The predicted molar refractivity (Wildman–Crippen MR) is 177 cm³/mol. The summed E-state index contributed by atoms with van der Waals surface area (Å²) < 4.78 is 22.0. The SMILES string of the molecule is COCCOc1ccc([C@@H]2[C@@H](C(=O)O)[C@H](c3ccc4c(c3)OCO4)CN2CC(=O)NC(c2ccccc2C)c2ccccc2C)cc1. The van der Waals surface area contributed by atoms with Gasteiger partial charge in [-0.25, -0.2) is 0 Å². The Bertz CT molecular complexity index is 1680. The normalized spacial score (nSPS) is 18.8. The lowest BCUT2D eigenvalue weighted by Gasteiger charge is -2.29. The van der Waals surface area contributed by atoms with Crippen molar-refractivity contribution in [3.63, 3.8) is 0 Å². The first kappa shape index (κ1) is 32.1. The van der Waals surface area contributed by atoms with E-state index >= 15 is 0 Å². The number of hydrogen-bond donors (Lipinski definition) is 2. The molecule has 2 N–H and O–H groups in total. The number of carbonyl (C=O) groups is 2. The van der Waals surface area contributed by atoms with Crippen molar-refractivity contribution in [3.8, 4) is 17.2 Å². The number of fused-ring (bicyclic) bond motifs is 1.